The zero-order valence-electron chi connectivity index (χ0n) is 12.4. The SMILES string of the molecule is CCOC(=O)/C(O)=C/c1ccc(OCc2ccccc2)cc1. The average Bonchev–Trinajstić information content (AvgIpc) is 2.55. The molecule has 4 heteroatoms. The minimum atomic E-state index is -0.730. The molecule has 114 valence electrons. The van der Waals surface area contributed by atoms with Crippen LogP contribution in [0, 0.1) is 0 Å². The van der Waals surface area contributed by atoms with Gasteiger partial charge in [-0.3, -0.25) is 0 Å². The van der Waals surface area contributed by atoms with Crippen LogP contribution in [0.4, 0.5) is 0 Å². The molecule has 0 unspecified atom stereocenters. The molecular weight excluding hydrogens is 280 g/mol. The molecular formula is C18H18O4. The van der Waals surface area contributed by atoms with E-state index in [0.717, 1.165) is 11.3 Å². The van der Waals surface area contributed by atoms with E-state index >= 15 is 0 Å². The molecule has 0 saturated carbocycles. The van der Waals surface area contributed by atoms with Gasteiger partial charge in [0.1, 0.15) is 12.4 Å². The van der Waals surface area contributed by atoms with Crippen molar-refractivity contribution in [1.82, 2.24) is 0 Å². The van der Waals surface area contributed by atoms with E-state index in [1.54, 1.807) is 31.2 Å². The summed E-state index contributed by atoms with van der Waals surface area (Å²) in [6, 6.07) is 17.0. The number of aliphatic hydroxyl groups is 1. The second kappa shape index (κ2) is 7.88. The number of carbonyl (C=O) groups excluding carboxylic acids is 1. The number of carbonyl (C=O) groups is 1. The van der Waals surface area contributed by atoms with E-state index in [1.807, 2.05) is 30.3 Å². The average molecular weight is 298 g/mol. The van der Waals surface area contributed by atoms with Gasteiger partial charge in [-0.05, 0) is 36.3 Å². The van der Waals surface area contributed by atoms with Crippen LogP contribution in [0.15, 0.2) is 60.4 Å². The van der Waals surface area contributed by atoms with Gasteiger partial charge in [-0.25, -0.2) is 4.79 Å². The molecule has 0 amide bonds. The van der Waals surface area contributed by atoms with E-state index < -0.39 is 11.7 Å². The van der Waals surface area contributed by atoms with Crippen LogP contribution in [0.25, 0.3) is 6.08 Å². The third-order valence-corrected chi connectivity index (χ3v) is 2.92. The Balaban J connectivity index is 1.95. The molecule has 0 atom stereocenters. The van der Waals surface area contributed by atoms with E-state index in [-0.39, 0.29) is 6.61 Å². The van der Waals surface area contributed by atoms with E-state index in [0.29, 0.717) is 12.2 Å². The monoisotopic (exact) mass is 298 g/mol. The molecule has 2 aromatic rings. The maximum Gasteiger partial charge on any atom is 0.373 e. The number of esters is 1. The Bertz CT molecular complexity index is 630. The lowest BCUT2D eigenvalue weighted by molar-refractivity contribution is -0.141. The van der Waals surface area contributed by atoms with E-state index in [1.165, 1.54) is 6.08 Å². The first-order valence-electron chi connectivity index (χ1n) is 7.03. The van der Waals surface area contributed by atoms with Gasteiger partial charge in [-0.2, -0.15) is 0 Å². The molecule has 0 aliphatic heterocycles. The van der Waals surface area contributed by atoms with Crippen molar-refractivity contribution in [1.29, 1.82) is 0 Å². The van der Waals surface area contributed by atoms with E-state index in [4.69, 9.17) is 9.47 Å². The van der Waals surface area contributed by atoms with Gasteiger partial charge < -0.3 is 14.6 Å². The smallest absolute Gasteiger partial charge is 0.373 e. The highest BCUT2D eigenvalue weighted by Crippen LogP contribution is 2.16. The molecule has 0 radical (unpaired) electrons. The fourth-order valence-corrected chi connectivity index (χ4v) is 1.82. The van der Waals surface area contributed by atoms with Crippen LogP contribution < -0.4 is 4.74 Å². The first kappa shape index (κ1) is 15.6. The molecule has 22 heavy (non-hydrogen) atoms. The largest absolute Gasteiger partial charge is 0.502 e. The maximum atomic E-state index is 11.3. The van der Waals surface area contributed by atoms with Crippen molar-refractivity contribution in [2.45, 2.75) is 13.5 Å². The Morgan fingerprint density at radius 3 is 2.41 bits per heavy atom. The number of ether oxygens (including phenoxy) is 2. The summed E-state index contributed by atoms with van der Waals surface area (Å²) in [4.78, 5) is 11.3. The molecule has 0 aromatic heterocycles. The highest BCUT2D eigenvalue weighted by Gasteiger charge is 2.07. The molecule has 0 fully saturated rings. The summed E-state index contributed by atoms with van der Waals surface area (Å²) in [5, 5.41) is 9.58. The van der Waals surface area contributed by atoms with Crippen molar-refractivity contribution in [2.24, 2.45) is 0 Å². The van der Waals surface area contributed by atoms with Gasteiger partial charge in [0.05, 0.1) is 6.61 Å². The van der Waals surface area contributed by atoms with Crippen LogP contribution in [-0.2, 0) is 16.1 Å². The standard InChI is InChI=1S/C18H18O4/c1-2-21-18(20)17(19)12-14-8-10-16(11-9-14)22-13-15-6-4-3-5-7-15/h3-12,19H,2,13H2,1H3/b17-12-. The van der Waals surface area contributed by atoms with Crippen LogP contribution in [0.5, 0.6) is 5.75 Å². The first-order valence-corrected chi connectivity index (χ1v) is 7.03. The molecule has 1 N–H and O–H groups in total. The molecule has 0 saturated heterocycles. The molecule has 0 aliphatic rings. The molecule has 4 nitrogen and oxygen atoms in total. The van der Waals surface area contributed by atoms with E-state index in [9.17, 15) is 9.90 Å². The van der Waals surface area contributed by atoms with Gasteiger partial charge in [-0.15, -0.1) is 0 Å². The predicted molar refractivity (Wildman–Crippen MR) is 84.5 cm³/mol. The van der Waals surface area contributed by atoms with Crippen LogP contribution in [0.1, 0.15) is 18.1 Å². The summed E-state index contributed by atoms with van der Waals surface area (Å²) < 4.78 is 10.4. The zero-order valence-corrected chi connectivity index (χ0v) is 12.4. The summed E-state index contributed by atoms with van der Waals surface area (Å²) >= 11 is 0. The summed E-state index contributed by atoms with van der Waals surface area (Å²) in [6.45, 7) is 2.40. The fraction of sp³-hybridized carbons (Fsp3) is 0.167. The van der Waals surface area contributed by atoms with Crippen molar-refractivity contribution in [3.8, 4) is 5.75 Å². The molecule has 0 aliphatic carbocycles. The van der Waals surface area contributed by atoms with Crippen LogP contribution in [0.2, 0.25) is 0 Å². The highest BCUT2D eigenvalue weighted by atomic mass is 16.5. The van der Waals surface area contributed by atoms with Crippen molar-refractivity contribution >= 4 is 12.0 Å². The van der Waals surface area contributed by atoms with Crippen molar-refractivity contribution < 1.29 is 19.4 Å². The van der Waals surface area contributed by atoms with Gasteiger partial charge in [-0.1, -0.05) is 42.5 Å². The topological polar surface area (TPSA) is 55.8 Å². The number of rotatable bonds is 6. The highest BCUT2D eigenvalue weighted by molar-refractivity contribution is 5.90. The Hall–Kier alpha value is -2.75. The third-order valence-electron chi connectivity index (χ3n) is 2.92. The van der Waals surface area contributed by atoms with Crippen LogP contribution in [0.3, 0.4) is 0 Å². The van der Waals surface area contributed by atoms with Crippen molar-refractivity contribution in [3.05, 3.63) is 71.5 Å². The lowest BCUT2D eigenvalue weighted by Gasteiger charge is -2.06. The normalized spacial score (nSPS) is 11.0. The van der Waals surface area contributed by atoms with Gasteiger partial charge >= 0.3 is 5.97 Å². The molecule has 0 bridgehead atoms. The molecule has 2 aromatic carbocycles. The van der Waals surface area contributed by atoms with Gasteiger partial charge in [0, 0.05) is 0 Å². The molecule has 0 spiro atoms. The number of aliphatic hydroxyl groups excluding tert-OH is 1. The van der Waals surface area contributed by atoms with Crippen LogP contribution in [-0.4, -0.2) is 17.7 Å². The Kier molecular flexibility index (Phi) is 5.60. The second-order valence-electron chi connectivity index (χ2n) is 4.59. The minimum absolute atomic E-state index is 0.225. The number of hydrogen-bond acceptors (Lipinski definition) is 4. The Morgan fingerprint density at radius 1 is 1.09 bits per heavy atom. The number of benzene rings is 2. The zero-order chi connectivity index (χ0) is 15.8. The Labute approximate surface area is 129 Å². The van der Waals surface area contributed by atoms with Gasteiger partial charge in [0.25, 0.3) is 0 Å². The van der Waals surface area contributed by atoms with E-state index in [2.05, 4.69) is 0 Å². The lowest BCUT2D eigenvalue weighted by Crippen LogP contribution is -2.06. The second-order valence-corrected chi connectivity index (χ2v) is 4.59. The van der Waals surface area contributed by atoms with Crippen molar-refractivity contribution in [2.75, 3.05) is 6.61 Å². The third kappa shape index (κ3) is 4.66. The van der Waals surface area contributed by atoms with Crippen molar-refractivity contribution in [3.63, 3.8) is 0 Å². The van der Waals surface area contributed by atoms with Gasteiger partial charge in [0.15, 0.2) is 0 Å². The van der Waals surface area contributed by atoms with Crippen LogP contribution >= 0.6 is 0 Å². The first-order chi connectivity index (χ1) is 10.7. The fourth-order valence-electron chi connectivity index (χ4n) is 1.82. The van der Waals surface area contributed by atoms with Gasteiger partial charge in [0.2, 0.25) is 5.76 Å². The Morgan fingerprint density at radius 2 is 1.77 bits per heavy atom. The minimum Gasteiger partial charge on any atom is -0.502 e. The molecule has 0 heterocycles. The summed E-state index contributed by atoms with van der Waals surface area (Å²) in [7, 11) is 0. The summed E-state index contributed by atoms with van der Waals surface area (Å²) in [6.07, 6.45) is 1.36. The maximum absolute atomic E-state index is 11.3. The summed E-state index contributed by atoms with van der Waals surface area (Å²) in [5.41, 5.74) is 1.78. The molecule has 2 rings (SSSR count). The summed E-state index contributed by atoms with van der Waals surface area (Å²) in [5.74, 6) is -0.427. The predicted octanol–water partition coefficient (Wildman–Crippen LogP) is 3.73. The lowest BCUT2D eigenvalue weighted by atomic mass is 10.2. The quantitative estimate of drug-likeness (QED) is 0.501. The number of hydrogen-bond donors (Lipinski definition) is 1.